The van der Waals surface area contributed by atoms with Crippen LogP contribution >= 0.6 is 11.3 Å². The summed E-state index contributed by atoms with van der Waals surface area (Å²) < 4.78 is 2.12. The fourth-order valence-electron chi connectivity index (χ4n) is 2.67. The van der Waals surface area contributed by atoms with Crippen molar-refractivity contribution in [3.63, 3.8) is 0 Å². The molecule has 0 bridgehead atoms. The molecular weight excluding hydrogens is 278 g/mol. The van der Waals surface area contributed by atoms with Crippen LogP contribution in [0.3, 0.4) is 0 Å². The molecule has 1 N–H and O–H groups in total. The van der Waals surface area contributed by atoms with Gasteiger partial charge in [-0.1, -0.05) is 12.1 Å². The van der Waals surface area contributed by atoms with Crippen molar-refractivity contribution >= 4 is 22.2 Å². The molecule has 3 nitrogen and oxygen atoms in total. The molecule has 1 aliphatic carbocycles. The second-order valence-electron chi connectivity index (χ2n) is 5.80. The van der Waals surface area contributed by atoms with E-state index < -0.39 is 0 Å². The minimum Gasteiger partial charge on any atom is -0.315 e. The molecule has 2 aromatic heterocycles. The van der Waals surface area contributed by atoms with Gasteiger partial charge in [-0.2, -0.15) is 16.4 Å². The lowest BCUT2D eigenvalue weighted by atomic mass is 10.1. The number of benzene rings is 1. The van der Waals surface area contributed by atoms with Crippen LogP contribution in [-0.2, 0) is 6.54 Å². The van der Waals surface area contributed by atoms with Crippen LogP contribution in [0.15, 0.2) is 41.2 Å². The van der Waals surface area contributed by atoms with Gasteiger partial charge in [0.15, 0.2) is 0 Å². The summed E-state index contributed by atoms with van der Waals surface area (Å²) in [6, 6.07) is 8.78. The first-order valence-corrected chi connectivity index (χ1v) is 8.53. The van der Waals surface area contributed by atoms with E-state index in [1.165, 1.54) is 41.4 Å². The Balaban J connectivity index is 1.52. The smallest absolute Gasteiger partial charge is 0.0689 e. The third kappa shape index (κ3) is 2.87. The number of thiophene rings is 1. The number of aromatic nitrogens is 2. The van der Waals surface area contributed by atoms with Gasteiger partial charge in [-0.25, -0.2) is 0 Å². The summed E-state index contributed by atoms with van der Waals surface area (Å²) in [6.07, 6.45) is 4.77. The number of fused-ring (bicyclic) bond motifs is 1. The van der Waals surface area contributed by atoms with Gasteiger partial charge in [0.25, 0.3) is 0 Å². The zero-order valence-corrected chi connectivity index (χ0v) is 12.8. The van der Waals surface area contributed by atoms with E-state index in [9.17, 15) is 0 Å². The molecule has 21 heavy (non-hydrogen) atoms. The van der Waals surface area contributed by atoms with Crippen LogP contribution in [0, 0.1) is 5.92 Å². The molecule has 0 aliphatic heterocycles. The average Bonchev–Trinajstić information content (AvgIpc) is 3.02. The van der Waals surface area contributed by atoms with Crippen LogP contribution in [0.5, 0.6) is 0 Å². The van der Waals surface area contributed by atoms with Gasteiger partial charge in [-0.3, -0.25) is 4.68 Å². The summed E-state index contributed by atoms with van der Waals surface area (Å²) in [5.74, 6) is 0.935. The quantitative estimate of drug-likeness (QED) is 0.702. The Hall–Kier alpha value is -1.65. The first kappa shape index (κ1) is 13.0. The fraction of sp³-hybridized carbons (Fsp3) is 0.353. The second kappa shape index (κ2) is 5.62. The van der Waals surface area contributed by atoms with Gasteiger partial charge in [-0.15, -0.1) is 0 Å². The molecule has 1 aromatic carbocycles. The summed E-state index contributed by atoms with van der Waals surface area (Å²) in [6.45, 7) is 3.10. The molecule has 1 saturated carbocycles. The highest BCUT2D eigenvalue weighted by Crippen LogP contribution is 2.27. The third-order valence-corrected chi connectivity index (χ3v) is 4.81. The maximum Gasteiger partial charge on any atom is 0.0689 e. The Bertz CT molecular complexity index is 726. The zero-order valence-electron chi connectivity index (χ0n) is 12.0. The van der Waals surface area contributed by atoms with Crippen molar-refractivity contribution in [2.24, 2.45) is 5.92 Å². The van der Waals surface area contributed by atoms with E-state index in [2.05, 4.69) is 50.1 Å². The van der Waals surface area contributed by atoms with Crippen LogP contribution in [0.4, 0.5) is 0 Å². The molecule has 0 amide bonds. The van der Waals surface area contributed by atoms with E-state index in [0.717, 1.165) is 19.0 Å². The lowest BCUT2D eigenvalue weighted by Gasteiger charge is -2.06. The molecule has 4 heteroatoms. The van der Waals surface area contributed by atoms with Crippen molar-refractivity contribution in [3.8, 4) is 11.1 Å². The summed E-state index contributed by atoms with van der Waals surface area (Å²) in [5.41, 5.74) is 3.80. The van der Waals surface area contributed by atoms with Crippen molar-refractivity contribution in [2.45, 2.75) is 19.4 Å². The molecule has 2 heterocycles. The first-order chi connectivity index (χ1) is 10.4. The van der Waals surface area contributed by atoms with E-state index in [4.69, 9.17) is 0 Å². The molecule has 3 aromatic rings. The Labute approximate surface area is 128 Å². The van der Waals surface area contributed by atoms with Gasteiger partial charge in [0, 0.05) is 11.9 Å². The van der Waals surface area contributed by atoms with Crippen LogP contribution < -0.4 is 5.32 Å². The normalized spacial score (nSPS) is 14.9. The zero-order chi connectivity index (χ0) is 14.1. The molecule has 1 fully saturated rings. The summed E-state index contributed by atoms with van der Waals surface area (Å²) in [7, 11) is 0. The van der Waals surface area contributed by atoms with Gasteiger partial charge in [0.1, 0.15) is 0 Å². The van der Waals surface area contributed by atoms with Gasteiger partial charge >= 0.3 is 0 Å². The molecular formula is C17H19N3S. The number of nitrogens with one attached hydrogen (secondary N) is 1. The summed E-state index contributed by atoms with van der Waals surface area (Å²) in [4.78, 5) is 0. The van der Waals surface area contributed by atoms with E-state index in [0.29, 0.717) is 0 Å². The molecule has 4 rings (SSSR count). The fourth-order valence-corrected chi connectivity index (χ4v) is 3.34. The molecule has 0 radical (unpaired) electrons. The standard InChI is InChI=1S/C17H19N3S/c1-2-13(1)10-18-6-7-20-17-9-14(16-5-8-21-12-16)3-4-15(17)11-19-20/h3-5,8-9,11-13,18H,1-2,6-7,10H2. The predicted octanol–water partition coefficient (Wildman–Crippen LogP) is 3.76. The summed E-state index contributed by atoms with van der Waals surface area (Å²) >= 11 is 1.74. The van der Waals surface area contributed by atoms with Gasteiger partial charge in [0.2, 0.25) is 0 Å². The molecule has 0 saturated heterocycles. The Morgan fingerprint density at radius 3 is 3.00 bits per heavy atom. The minimum atomic E-state index is 0.934. The van der Waals surface area contributed by atoms with Gasteiger partial charge < -0.3 is 5.32 Å². The monoisotopic (exact) mass is 297 g/mol. The lowest BCUT2D eigenvalue weighted by Crippen LogP contribution is -2.22. The SMILES string of the molecule is c1cc(-c2ccc3cnn(CCNCC4CC4)c3c2)cs1. The van der Waals surface area contributed by atoms with Gasteiger partial charge in [-0.05, 0) is 59.3 Å². The molecule has 0 spiro atoms. The van der Waals surface area contributed by atoms with Crippen molar-refractivity contribution in [3.05, 3.63) is 41.2 Å². The Morgan fingerprint density at radius 2 is 2.19 bits per heavy atom. The number of hydrogen-bond donors (Lipinski definition) is 1. The van der Waals surface area contributed by atoms with Crippen molar-refractivity contribution in [2.75, 3.05) is 13.1 Å². The Kier molecular flexibility index (Phi) is 3.49. The molecule has 1 aliphatic rings. The number of rotatable bonds is 6. The predicted molar refractivity (Wildman–Crippen MR) is 88.6 cm³/mol. The highest BCUT2D eigenvalue weighted by Gasteiger charge is 2.20. The first-order valence-electron chi connectivity index (χ1n) is 7.59. The van der Waals surface area contributed by atoms with Crippen LogP contribution in [0.1, 0.15) is 12.8 Å². The molecule has 0 atom stereocenters. The maximum atomic E-state index is 4.53. The van der Waals surface area contributed by atoms with Crippen LogP contribution in [0.2, 0.25) is 0 Å². The van der Waals surface area contributed by atoms with Crippen molar-refractivity contribution < 1.29 is 0 Å². The molecule has 108 valence electrons. The van der Waals surface area contributed by atoms with Crippen molar-refractivity contribution in [1.82, 2.24) is 15.1 Å². The van der Waals surface area contributed by atoms with Crippen LogP contribution in [0.25, 0.3) is 22.0 Å². The summed E-state index contributed by atoms with van der Waals surface area (Å²) in [5, 5.41) is 13.6. The van der Waals surface area contributed by atoms with Crippen molar-refractivity contribution in [1.29, 1.82) is 0 Å². The lowest BCUT2D eigenvalue weighted by molar-refractivity contribution is 0.552. The Morgan fingerprint density at radius 1 is 1.24 bits per heavy atom. The van der Waals surface area contributed by atoms with Crippen LogP contribution in [-0.4, -0.2) is 22.9 Å². The molecule has 0 unspecified atom stereocenters. The number of hydrogen-bond acceptors (Lipinski definition) is 3. The van der Waals surface area contributed by atoms with Gasteiger partial charge in [0.05, 0.1) is 18.3 Å². The van der Waals surface area contributed by atoms with E-state index in [1.807, 2.05) is 6.20 Å². The van der Waals surface area contributed by atoms with E-state index in [1.54, 1.807) is 11.3 Å². The highest BCUT2D eigenvalue weighted by atomic mass is 32.1. The van der Waals surface area contributed by atoms with E-state index in [-0.39, 0.29) is 0 Å². The third-order valence-electron chi connectivity index (χ3n) is 4.13. The topological polar surface area (TPSA) is 29.9 Å². The maximum absolute atomic E-state index is 4.53. The number of nitrogens with zero attached hydrogens (tertiary/aromatic N) is 2. The van der Waals surface area contributed by atoms with E-state index >= 15 is 0 Å². The largest absolute Gasteiger partial charge is 0.315 e. The average molecular weight is 297 g/mol. The second-order valence-corrected chi connectivity index (χ2v) is 6.58. The minimum absolute atomic E-state index is 0.934. The highest BCUT2D eigenvalue weighted by molar-refractivity contribution is 7.08.